The number of carboxylic acids is 1. The van der Waals surface area contributed by atoms with Crippen LogP contribution in [0, 0.1) is 0 Å². The summed E-state index contributed by atoms with van der Waals surface area (Å²) < 4.78 is 0. The zero-order valence-electron chi connectivity index (χ0n) is 8.23. The van der Waals surface area contributed by atoms with Gasteiger partial charge in [-0.1, -0.05) is 19.1 Å². The van der Waals surface area contributed by atoms with Gasteiger partial charge in [0, 0.05) is 5.57 Å². The van der Waals surface area contributed by atoms with Crippen LogP contribution in [0.15, 0.2) is 23.3 Å². The maximum Gasteiger partial charge on any atom is 1.00 e. The van der Waals surface area contributed by atoms with Crippen molar-refractivity contribution in [2.45, 2.75) is 25.6 Å². The molecule has 5 heteroatoms. The molecule has 0 saturated carbocycles. The Balaban J connectivity index is 0.00000169. The molecule has 0 aliphatic heterocycles. The average Bonchev–Trinajstić information content (AvgIpc) is 2.09. The minimum Gasteiger partial charge on any atom is -0.545 e. The van der Waals surface area contributed by atoms with E-state index in [4.69, 9.17) is 0 Å². The van der Waals surface area contributed by atoms with E-state index in [-0.39, 0.29) is 35.1 Å². The van der Waals surface area contributed by atoms with Crippen LogP contribution in [0.5, 0.6) is 0 Å². The molecule has 2 atom stereocenters. The van der Waals surface area contributed by atoms with Crippen LogP contribution in [-0.2, 0) is 4.79 Å². The van der Waals surface area contributed by atoms with Gasteiger partial charge < -0.3 is 20.1 Å². The maximum atomic E-state index is 10.4. The second-order valence-corrected chi connectivity index (χ2v) is 2.89. The van der Waals surface area contributed by atoms with E-state index in [9.17, 15) is 20.1 Å². The van der Waals surface area contributed by atoms with E-state index >= 15 is 0 Å². The van der Waals surface area contributed by atoms with Gasteiger partial charge in [0.2, 0.25) is 0 Å². The zero-order chi connectivity index (χ0) is 10.0. The fourth-order valence-electron chi connectivity index (χ4n) is 1.28. The van der Waals surface area contributed by atoms with Crippen LogP contribution < -0.4 is 34.7 Å². The molecular weight excluding hydrogens is 195 g/mol. The number of aliphatic hydroxyl groups is 2. The second-order valence-electron chi connectivity index (χ2n) is 2.89. The van der Waals surface area contributed by atoms with Gasteiger partial charge in [-0.2, -0.15) is 0 Å². The van der Waals surface area contributed by atoms with E-state index in [1.165, 1.54) is 12.2 Å². The molecule has 0 amide bonds. The number of aliphatic hydroxyl groups excluding tert-OH is 2. The Labute approximate surface area is 104 Å². The Morgan fingerprint density at radius 2 is 2.00 bits per heavy atom. The maximum absolute atomic E-state index is 10.4. The molecule has 0 unspecified atom stereocenters. The van der Waals surface area contributed by atoms with Gasteiger partial charge in [0.25, 0.3) is 0 Å². The molecule has 0 aromatic heterocycles. The third-order valence-corrected chi connectivity index (χ3v) is 2.12. The first kappa shape index (κ1) is 13.9. The fraction of sp³-hybridized carbons (Fsp3) is 0.444. The van der Waals surface area contributed by atoms with Crippen LogP contribution in [0.3, 0.4) is 0 Å². The first-order valence-corrected chi connectivity index (χ1v) is 4.06. The fourth-order valence-corrected chi connectivity index (χ4v) is 1.28. The van der Waals surface area contributed by atoms with Gasteiger partial charge in [-0.3, -0.25) is 0 Å². The van der Waals surface area contributed by atoms with Gasteiger partial charge in [-0.25, -0.2) is 0 Å². The standard InChI is InChI=1S/C9H12O4.Na/c1-2-5-3-4-6(9(12)13)8(11)7(5)10;/h3-4,7-8,10-11H,2H2,1H3,(H,12,13);/q;+1/p-1/t7-,8+;/m1./s1. The number of rotatable bonds is 2. The summed E-state index contributed by atoms with van der Waals surface area (Å²) in [6.45, 7) is 1.82. The first-order valence-electron chi connectivity index (χ1n) is 4.06. The molecule has 14 heavy (non-hydrogen) atoms. The average molecular weight is 206 g/mol. The molecule has 0 spiro atoms. The number of hydrogen-bond donors (Lipinski definition) is 2. The molecule has 0 heterocycles. The SMILES string of the molecule is CCC1=CC=C(C(=O)[O-])[C@H](O)[C@@H]1O.[Na+]. The Bertz CT molecular complexity index is 283. The van der Waals surface area contributed by atoms with Crippen molar-refractivity contribution in [3.05, 3.63) is 23.3 Å². The molecule has 4 nitrogen and oxygen atoms in total. The predicted octanol–water partition coefficient (Wildman–Crippen LogP) is -4.26. The summed E-state index contributed by atoms with van der Waals surface area (Å²) in [5, 5.41) is 29.2. The largest absolute Gasteiger partial charge is 1.00 e. The topological polar surface area (TPSA) is 80.6 Å². The number of allylic oxidation sites excluding steroid dienone is 2. The van der Waals surface area contributed by atoms with Gasteiger partial charge in [-0.15, -0.1) is 0 Å². The third-order valence-electron chi connectivity index (χ3n) is 2.12. The number of carbonyl (C=O) groups excluding carboxylic acids is 1. The Hall–Kier alpha value is -0.130. The quantitative estimate of drug-likeness (QED) is 0.448. The third kappa shape index (κ3) is 2.68. The normalized spacial score (nSPS) is 25.9. The summed E-state index contributed by atoms with van der Waals surface area (Å²) in [7, 11) is 0. The van der Waals surface area contributed by atoms with Crippen molar-refractivity contribution < 1.29 is 49.7 Å². The van der Waals surface area contributed by atoms with Gasteiger partial charge in [0.05, 0.1) is 5.97 Å². The molecule has 1 rings (SSSR count). The van der Waals surface area contributed by atoms with Crippen LogP contribution in [0.4, 0.5) is 0 Å². The van der Waals surface area contributed by atoms with Crippen LogP contribution in [0.1, 0.15) is 13.3 Å². The molecule has 0 radical (unpaired) electrons. The van der Waals surface area contributed by atoms with Crippen molar-refractivity contribution >= 4 is 5.97 Å². The molecule has 0 aromatic rings. The monoisotopic (exact) mass is 206 g/mol. The van der Waals surface area contributed by atoms with Crippen molar-refractivity contribution in [1.82, 2.24) is 0 Å². The molecule has 1 aliphatic rings. The van der Waals surface area contributed by atoms with Gasteiger partial charge in [0.1, 0.15) is 12.2 Å². The second kappa shape index (κ2) is 5.68. The van der Waals surface area contributed by atoms with E-state index in [0.29, 0.717) is 12.0 Å². The summed E-state index contributed by atoms with van der Waals surface area (Å²) in [5.41, 5.74) is 0.349. The molecule has 0 saturated heterocycles. The molecule has 0 bridgehead atoms. The van der Waals surface area contributed by atoms with Crippen LogP contribution in [-0.4, -0.2) is 28.4 Å². The molecule has 72 valence electrons. The van der Waals surface area contributed by atoms with Gasteiger partial charge >= 0.3 is 29.6 Å². The number of carboxylic acid groups (broad SMARTS) is 1. The van der Waals surface area contributed by atoms with Crippen molar-refractivity contribution in [1.29, 1.82) is 0 Å². The van der Waals surface area contributed by atoms with E-state index < -0.39 is 18.2 Å². The van der Waals surface area contributed by atoms with E-state index in [1.807, 2.05) is 6.92 Å². The number of aliphatic carboxylic acids is 1. The minimum absolute atomic E-state index is 0. The van der Waals surface area contributed by atoms with Crippen LogP contribution in [0.25, 0.3) is 0 Å². The molecular formula is C9H11NaO4. The summed E-state index contributed by atoms with van der Waals surface area (Å²) >= 11 is 0. The Kier molecular flexibility index (Phi) is 5.63. The van der Waals surface area contributed by atoms with Crippen molar-refractivity contribution in [2.24, 2.45) is 0 Å². The molecule has 2 N–H and O–H groups in total. The van der Waals surface area contributed by atoms with Gasteiger partial charge in [0.15, 0.2) is 0 Å². The summed E-state index contributed by atoms with van der Waals surface area (Å²) in [6, 6.07) is 0. The summed E-state index contributed by atoms with van der Waals surface area (Å²) in [5.74, 6) is -1.45. The summed E-state index contributed by atoms with van der Waals surface area (Å²) in [6.07, 6.45) is 0.858. The van der Waals surface area contributed by atoms with E-state index in [0.717, 1.165) is 0 Å². The predicted molar refractivity (Wildman–Crippen MR) is 43.5 cm³/mol. The Morgan fingerprint density at radius 1 is 1.43 bits per heavy atom. The van der Waals surface area contributed by atoms with Crippen molar-refractivity contribution in [2.75, 3.05) is 0 Å². The van der Waals surface area contributed by atoms with Crippen molar-refractivity contribution in [3.8, 4) is 0 Å². The Morgan fingerprint density at radius 3 is 2.43 bits per heavy atom. The van der Waals surface area contributed by atoms with E-state index in [2.05, 4.69) is 0 Å². The zero-order valence-corrected chi connectivity index (χ0v) is 10.2. The molecule has 0 aromatic carbocycles. The minimum atomic E-state index is -1.45. The number of carbonyl (C=O) groups is 1. The van der Waals surface area contributed by atoms with Crippen LogP contribution in [0.2, 0.25) is 0 Å². The first-order chi connectivity index (χ1) is 6.07. The smallest absolute Gasteiger partial charge is 0.545 e. The van der Waals surface area contributed by atoms with Crippen molar-refractivity contribution in [3.63, 3.8) is 0 Å². The van der Waals surface area contributed by atoms with Gasteiger partial charge in [-0.05, 0) is 12.0 Å². The number of hydrogen-bond acceptors (Lipinski definition) is 4. The van der Waals surface area contributed by atoms with Crippen LogP contribution >= 0.6 is 0 Å². The molecule has 0 fully saturated rings. The summed E-state index contributed by atoms with van der Waals surface area (Å²) in [4.78, 5) is 10.4. The van der Waals surface area contributed by atoms with E-state index in [1.54, 1.807) is 0 Å². The molecule has 1 aliphatic carbocycles.